The van der Waals surface area contributed by atoms with Crippen molar-refractivity contribution in [3.8, 4) is 0 Å². The third kappa shape index (κ3) is 6.26. The molecule has 4 rings (SSSR count). The van der Waals surface area contributed by atoms with Crippen molar-refractivity contribution < 1.29 is 37.4 Å². The smallest absolute Gasteiger partial charge is 0.475 e. The summed E-state index contributed by atoms with van der Waals surface area (Å²) in [6.45, 7) is 4.17. The summed E-state index contributed by atoms with van der Waals surface area (Å²) in [5.41, 5.74) is -0.453. The molecule has 2 amide bonds. The molecule has 0 spiro atoms. The van der Waals surface area contributed by atoms with Gasteiger partial charge in [-0.1, -0.05) is 6.07 Å². The molecule has 0 aromatic carbocycles. The van der Waals surface area contributed by atoms with Crippen molar-refractivity contribution in [2.45, 2.75) is 31.9 Å². The topological polar surface area (TPSA) is 103 Å². The lowest BCUT2D eigenvalue weighted by Crippen LogP contribution is -2.48. The van der Waals surface area contributed by atoms with E-state index in [1.165, 1.54) is 0 Å². The molecule has 0 radical (unpaired) electrons. The van der Waals surface area contributed by atoms with Gasteiger partial charge in [-0.25, -0.2) is 9.78 Å². The van der Waals surface area contributed by atoms with Gasteiger partial charge in [0, 0.05) is 71.5 Å². The minimum Gasteiger partial charge on any atom is -0.475 e. The fourth-order valence-corrected chi connectivity index (χ4v) is 5.35. The van der Waals surface area contributed by atoms with Crippen molar-refractivity contribution in [1.29, 1.82) is 0 Å². The number of ether oxygens (including phenoxy) is 1. The van der Waals surface area contributed by atoms with Gasteiger partial charge in [-0.15, -0.1) is 0 Å². The van der Waals surface area contributed by atoms with Crippen LogP contribution in [0, 0.1) is 17.3 Å². The predicted molar refractivity (Wildman–Crippen MR) is 124 cm³/mol. The van der Waals surface area contributed by atoms with Gasteiger partial charge in [-0.05, 0) is 37.8 Å². The average Bonchev–Trinajstić information content (AvgIpc) is 3.12. The van der Waals surface area contributed by atoms with E-state index in [0.29, 0.717) is 26.3 Å². The molecule has 1 aromatic heterocycles. The molecule has 3 saturated heterocycles. The molecular formula is C24H33F3N4O5. The lowest BCUT2D eigenvalue weighted by molar-refractivity contribution is -0.192. The molecule has 0 saturated carbocycles. The summed E-state index contributed by atoms with van der Waals surface area (Å²) >= 11 is 0. The minimum atomic E-state index is -5.08. The van der Waals surface area contributed by atoms with E-state index in [0.717, 1.165) is 44.6 Å². The summed E-state index contributed by atoms with van der Waals surface area (Å²) in [6, 6.07) is 5.90. The lowest BCUT2D eigenvalue weighted by atomic mass is 9.74. The second-order valence-electron chi connectivity index (χ2n) is 9.70. The molecule has 2 atom stereocenters. The van der Waals surface area contributed by atoms with E-state index >= 15 is 0 Å². The molecule has 9 nitrogen and oxygen atoms in total. The summed E-state index contributed by atoms with van der Waals surface area (Å²) in [4.78, 5) is 46.0. The van der Waals surface area contributed by atoms with Gasteiger partial charge < -0.3 is 24.5 Å². The van der Waals surface area contributed by atoms with E-state index < -0.39 is 17.6 Å². The van der Waals surface area contributed by atoms with Crippen LogP contribution in [0.25, 0.3) is 0 Å². The van der Waals surface area contributed by atoms with Crippen LogP contribution in [0.2, 0.25) is 0 Å². The van der Waals surface area contributed by atoms with Crippen molar-refractivity contribution >= 4 is 23.6 Å². The second-order valence-corrected chi connectivity index (χ2v) is 9.70. The number of nitrogens with zero attached hydrogens (tertiary/aromatic N) is 4. The number of carboxylic acids is 1. The minimum absolute atomic E-state index is 0.0640. The highest BCUT2D eigenvalue weighted by Gasteiger charge is 2.54. The van der Waals surface area contributed by atoms with E-state index in [-0.39, 0.29) is 23.7 Å². The standard InChI is InChI=1S/C22H32N4O3.C2HF3O2/c1-24(2)21(28)22-9-5-11-25(20(27)17-7-12-29-13-8-17)14-18(22)15-26(16-22)19-6-3-4-10-23-19;3-2(4,5)1(6)7/h3-4,6,10,17-18H,5,7-9,11-16H2,1-2H3;(H,6,7)/t18-,22-;/m0./s1. The Hall–Kier alpha value is -2.89. The molecule has 36 heavy (non-hydrogen) atoms. The highest BCUT2D eigenvalue weighted by molar-refractivity contribution is 5.85. The van der Waals surface area contributed by atoms with Gasteiger partial charge in [0.15, 0.2) is 0 Å². The number of alkyl halides is 3. The van der Waals surface area contributed by atoms with Gasteiger partial charge in [0.2, 0.25) is 11.8 Å². The van der Waals surface area contributed by atoms with Crippen LogP contribution in [-0.2, 0) is 19.1 Å². The zero-order valence-corrected chi connectivity index (χ0v) is 20.5. The first-order valence-electron chi connectivity index (χ1n) is 12.0. The van der Waals surface area contributed by atoms with E-state index in [4.69, 9.17) is 14.6 Å². The Bertz CT molecular complexity index is 924. The van der Waals surface area contributed by atoms with Crippen LogP contribution in [0.15, 0.2) is 24.4 Å². The number of likely N-dealkylation sites (tertiary alicyclic amines) is 1. The molecular weight excluding hydrogens is 481 g/mol. The first-order chi connectivity index (χ1) is 17.0. The van der Waals surface area contributed by atoms with Crippen LogP contribution in [-0.4, -0.2) is 97.3 Å². The van der Waals surface area contributed by atoms with Crippen molar-refractivity contribution in [3.63, 3.8) is 0 Å². The number of pyridine rings is 1. The molecule has 3 fully saturated rings. The van der Waals surface area contributed by atoms with Gasteiger partial charge in [-0.2, -0.15) is 13.2 Å². The molecule has 0 bridgehead atoms. The maximum atomic E-state index is 13.4. The fraction of sp³-hybridized carbons (Fsp3) is 0.667. The predicted octanol–water partition coefficient (Wildman–Crippen LogP) is 2.27. The van der Waals surface area contributed by atoms with Gasteiger partial charge in [-0.3, -0.25) is 9.59 Å². The molecule has 4 heterocycles. The van der Waals surface area contributed by atoms with Crippen LogP contribution in [0.5, 0.6) is 0 Å². The normalized spacial score (nSPS) is 24.8. The number of hydrogen-bond acceptors (Lipinski definition) is 6. The number of carboxylic acid groups (broad SMARTS) is 1. The highest BCUT2D eigenvalue weighted by Crippen LogP contribution is 2.45. The first kappa shape index (κ1) is 27.7. The number of rotatable bonds is 3. The van der Waals surface area contributed by atoms with Crippen LogP contribution in [0.3, 0.4) is 0 Å². The number of amides is 2. The van der Waals surface area contributed by atoms with Crippen molar-refractivity contribution in [2.75, 3.05) is 58.4 Å². The van der Waals surface area contributed by atoms with Crippen molar-refractivity contribution in [2.24, 2.45) is 17.3 Å². The molecule has 200 valence electrons. The summed E-state index contributed by atoms with van der Waals surface area (Å²) in [6.07, 6.45) is 0.00524. The maximum absolute atomic E-state index is 13.4. The Morgan fingerprint density at radius 3 is 2.39 bits per heavy atom. The van der Waals surface area contributed by atoms with Crippen LogP contribution >= 0.6 is 0 Å². The third-order valence-electron chi connectivity index (χ3n) is 7.12. The van der Waals surface area contributed by atoms with E-state index in [2.05, 4.69) is 9.88 Å². The zero-order valence-electron chi connectivity index (χ0n) is 20.5. The number of anilines is 1. The van der Waals surface area contributed by atoms with Crippen LogP contribution < -0.4 is 4.90 Å². The Labute approximate surface area is 208 Å². The molecule has 1 aromatic rings. The number of halogens is 3. The quantitative estimate of drug-likeness (QED) is 0.660. The summed E-state index contributed by atoms with van der Waals surface area (Å²) in [7, 11) is 3.68. The lowest BCUT2D eigenvalue weighted by Gasteiger charge is -2.35. The Kier molecular flexibility index (Phi) is 8.80. The average molecular weight is 515 g/mol. The van der Waals surface area contributed by atoms with E-state index in [9.17, 15) is 22.8 Å². The molecule has 1 N–H and O–H groups in total. The molecule has 0 unspecified atom stereocenters. The third-order valence-corrected chi connectivity index (χ3v) is 7.12. The summed E-state index contributed by atoms with van der Waals surface area (Å²) in [5.74, 6) is -1.24. The molecule has 12 heteroatoms. The van der Waals surface area contributed by atoms with E-state index in [1.807, 2.05) is 37.2 Å². The number of fused-ring (bicyclic) bond motifs is 1. The van der Waals surface area contributed by atoms with Crippen LogP contribution in [0.4, 0.5) is 19.0 Å². The zero-order chi connectivity index (χ0) is 26.5. The van der Waals surface area contributed by atoms with Gasteiger partial charge >= 0.3 is 12.1 Å². The van der Waals surface area contributed by atoms with Gasteiger partial charge in [0.25, 0.3) is 0 Å². The van der Waals surface area contributed by atoms with E-state index in [1.54, 1.807) is 11.1 Å². The number of aromatic nitrogens is 1. The first-order valence-corrected chi connectivity index (χ1v) is 12.0. The van der Waals surface area contributed by atoms with Gasteiger partial charge in [0.05, 0.1) is 5.41 Å². The second kappa shape index (κ2) is 11.4. The Balaban J connectivity index is 0.000000454. The summed E-state index contributed by atoms with van der Waals surface area (Å²) in [5, 5.41) is 7.12. The SMILES string of the molecule is CN(C)C(=O)[C@]12CCCN(C(=O)C3CCOCC3)C[C@H]1CN(c1ccccn1)C2.O=C(O)C(F)(F)F. The number of carbonyl (C=O) groups excluding carboxylic acids is 2. The van der Waals surface area contributed by atoms with Crippen molar-refractivity contribution in [1.82, 2.24) is 14.8 Å². The monoisotopic (exact) mass is 514 g/mol. The Morgan fingerprint density at radius 1 is 1.17 bits per heavy atom. The highest BCUT2D eigenvalue weighted by atomic mass is 19.4. The molecule has 3 aliphatic heterocycles. The Morgan fingerprint density at radius 2 is 1.83 bits per heavy atom. The fourth-order valence-electron chi connectivity index (χ4n) is 5.35. The largest absolute Gasteiger partial charge is 0.490 e. The maximum Gasteiger partial charge on any atom is 0.490 e. The number of aliphatic carboxylic acids is 1. The molecule has 0 aliphatic carbocycles. The van der Waals surface area contributed by atoms with Crippen LogP contribution in [0.1, 0.15) is 25.7 Å². The number of carbonyl (C=O) groups is 3. The van der Waals surface area contributed by atoms with Crippen molar-refractivity contribution in [3.05, 3.63) is 24.4 Å². The summed E-state index contributed by atoms with van der Waals surface area (Å²) < 4.78 is 37.2. The molecule has 3 aliphatic rings. The number of hydrogen-bond donors (Lipinski definition) is 1. The van der Waals surface area contributed by atoms with Gasteiger partial charge in [0.1, 0.15) is 5.82 Å².